The first kappa shape index (κ1) is 19.4. The van der Waals surface area contributed by atoms with Crippen LogP contribution in [0.1, 0.15) is 15.9 Å². The van der Waals surface area contributed by atoms with Gasteiger partial charge in [-0.2, -0.15) is 0 Å². The lowest BCUT2D eigenvalue weighted by Crippen LogP contribution is -2.15. The Morgan fingerprint density at radius 2 is 1.54 bits per heavy atom. The third kappa shape index (κ3) is 4.15. The minimum atomic E-state index is -3.93. The summed E-state index contributed by atoms with van der Waals surface area (Å²) in [5.41, 5.74) is 2.27. The Morgan fingerprint density at radius 1 is 0.929 bits per heavy atom. The van der Waals surface area contributed by atoms with E-state index in [4.69, 9.17) is 4.74 Å². The molecular weight excluding hydrogens is 378 g/mol. The van der Waals surface area contributed by atoms with E-state index in [1.165, 1.54) is 24.3 Å². The zero-order valence-electron chi connectivity index (χ0n) is 15.3. The molecule has 0 aliphatic rings. The van der Waals surface area contributed by atoms with Crippen molar-refractivity contribution in [1.82, 2.24) is 0 Å². The Balaban J connectivity index is 2.02. The van der Waals surface area contributed by atoms with E-state index >= 15 is 0 Å². The summed E-state index contributed by atoms with van der Waals surface area (Å²) in [6.07, 6.45) is 0. The van der Waals surface area contributed by atoms with Gasteiger partial charge in [-0.05, 0) is 54.4 Å². The molecule has 0 bridgehead atoms. The van der Waals surface area contributed by atoms with Gasteiger partial charge in [-0.15, -0.1) is 0 Å². The van der Waals surface area contributed by atoms with Gasteiger partial charge >= 0.3 is 5.97 Å². The molecule has 3 aromatic carbocycles. The van der Waals surface area contributed by atoms with Crippen molar-refractivity contribution in [2.75, 3.05) is 11.8 Å². The van der Waals surface area contributed by atoms with Crippen molar-refractivity contribution in [2.45, 2.75) is 11.8 Å². The topological polar surface area (TPSA) is 92.7 Å². The molecule has 144 valence electrons. The summed E-state index contributed by atoms with van der Waals surface area (Å²) >= 11 is 0. The van der Waals surface area contributed by atoms with Crippen LogP contribution in [0, 0.1) is 6.92 Å². The van der Waals surface area contributed by atoms with Crippen LogP contribution < -0.4 is 9.46 Å². The first-order valence-corrected chi connectivity index (χ1v) is 9.90. The number of anilines is 1. The standard InChI is InChI=1S/C21H19NO5S/c1-14-3-10-18(11-4-14)28(25,26)22-20-13-16(7-12-19(20)21(23)24)15-5-8-17(27-2)9-6-15/h3-13,22H,1-2H3,(H,23,24). The van der Waals surface area contributed by atoms with E-state index in [0.717, 1.165) is 11.1 Å². The lowest BCUT2D eigenvalue weighted by molar-refractivity contribution is 0.0698. The second-order valence-electron chi connectivity index (χ2n) is 6.21. The minimum Gasteiger partial charge on any atom is -0.497 e. The molecule has 3 aromatic rings. The number of rotatable bonds is 6. The average molecular weight is 397 g/mol. The van der Waals surface area contributed by atoms with E-state index in [2.05, 4.69) is 4.72 Å². The van der Waals surface area contributed by atoms with Gasteiger partial charge in [0.25, 0.3) is 10.0 Å². The summed E-state index contributed by atoms with van der Waals surface area (Å²) in [5.74, 6) is -0.533. The fourth-order valence-electron chi connectivity index (χ4n) is 2.70. The number of methoxy groups -OCH3 is 1. The third-order valence-corrected chi connectivity index (χ3v) is 5.63. The smallest absolute Gasteiger partial charge is 0.337 e. The number of nitrogens with one attached hydrogen (secondary N) is 1. The molecule has 6 nitrogen and oxygen atoms in total. The molecule has 0 radical (unpaired) electrons. The van der Waals surface area contributed by atoms with Crippen LogP contribution in [0.2, 0.25) is 0 Å². The van der Waals surface area contributed by atoms with E-state index in [-0.39, 0.29) is 16.1 Å². The fraction of sp³-hybridized carbons (Fsp3) is 0.0952. The molecule has 2 N–H and O–H groups in total. The number of hydrogen-bond acceptors (Lipinski definition) is 4. The Morgan fingerprint density at radius 3 is 2.11 bits per heavy atom. The van der Waals surface area contributed by atoms with Crippen LogP contribution in [-0.2, 0) is 10.0 Å². The van der Waals surface area contributed by atoms with Crippen LogP contribution in [-0.4, -0.2) is 26.6 Å². The number of carbonyl (C=O) groups is 1. The van der Waals surface area contributed by atoms with Crippen molar-refractivity contribution in [1.29, 1.82) is 0 Å². The summed E-state index contributed by atoms with van der Waals surface area (Å²) in [6.45, 7) is 1.85. The Kier molecular flexibility index (Phi) is 5.37. The zero-order chi connectivity index (χ0) is 20.3. The van der Waals surface area contributed by atoms with Gasteiger partial charge < -0.3 is 9.84 Å². The van der Waals surface area contributed by atoms with Crippen LogP contribution in [0.15, 0.2) is 71.6 Å². The molecule has 0 fully saturated rings. The summed E-state index contributed by atoms with van der Waals surface area (Å²) < 4.78 is 32.9. The first-order valence-electron chi connectivity index (χ1n) is 8.41. The molecule has 0 aromatic heterocycles. The second kappa shape index (κ2) is 7.74. The molecule has 0 heterocycles. The van der Waals surface area contributed by atoms with Crippen molar-refractivity contribution >= 4 is 21.7 Å². The number of carboxylic acids is 1. The van der Waals surface area contributed by atoms with Gasteiger partial charge in [0.1, 0.15) is 5.75 Å². The highest BCUT2D eigenvalue weighted by Crippen LogP contribution is 2.29. The number of aryl methyl sites for hydroxylation is 1. The number of aromatic carboxylic acids is 1. The lowest BCUT2D eigenvalue weighted by Gasteiger charge is -2.13. The third-order valence-electron chi connectivity index (χ3n) is 4.25. The van der Waals surface area contributed by atoms with E-state index < -0.39 is 16.0 Å². The highest BCUT2D eigenvalue weighted by molar-refractivity contribution is 7.92. The molecule has 0 spiro atoms. The van der Waals surface area contributed by atoms with Gasteiger partial charge in [0.2, 0.25) is 0 Å². The summed E-state index contributed by atoms with van der Waals surface area (Å²) in [5, 5.41) is 9.45. The van der Waals surface area contributed by atoms with Crippen molar-refractivity contribution in [3.05, 3.63) is 77.9 Å². The highest BCUT2D eigenvalue weighted by atomic mass is 32.2. The van der Waals surface area contributed by atoms with Crippen LogP contribution in [0.25, 0.3) is 11.1 Å². The number of benzene rings is 3. The van der Waals surface area contributed by atoms with Crippen molar-refractivity contribution in [2.24, 2.45) is 0 Å². The van der Waals surface area contributed by atoms with Crippen LogP contribution in [0.5, 0.6) is 5.75 Å². The van der Waals surface area contributed by atoms with Gasteiger partial charge in [0.05, 0.1) is 23.3 Å². The SMILES string of the molecule is COc1ccc(-c2ccc(C(=O)O)c(NS(=O)(=O)c3ccc(C)cc3)c2)cc1. The van der Waals surface area contributed by atoms with E-state index in [1.54, 1.807) is 37.4 Å². The molecular formula is C21H19NO5S. The predicted octanol–water partition coefficient (Wildman–Crippen LogP) is 4.17. The lowest BCUT2D eigenvalue weighted by atomic mass is 10.0. The monoisotopic (exact) mass is 397 g/mol. The maximum Gasteiger partial charge on any atom is 0.337 e. The van der Waals surface area contributed by atoms with E-state index in [0.29, 0.717) is 11.3 Å². The molecule has 0 amide bonds. The highest BCUT2D eigenvalue weighted by Gasteiger charge is 2.19. The largest absolute Gasteiger partial charge is 0.497 e. The molecule has 7 heteroatoms. The first-order chi connectivity index (χ1) is 13.3. The zero-order valence-corrected chi connectivity index (χ0v) is 16.2. The Hall–Kier alpha value is -3.32. The summed E-state index contributed by atoms with van der Waals surface area (Å²) in [6, 6.07) is 18.0. The van der Waals surface area contributed by atoms with Gasteiger partial charge in [-0.1, -0.05) is 35.9 Å². The fourth-order valence-corrected chi connectivity index (χ4v) is 3.77. The molecule has 0 saturated heterocycles. The molecule has 0 aliphatic carbocycles. The molecule has 3 rings (SSSR count). The Bertz CT molecular complexity index is 1100. The number of sulfonamides is 1. The van der Waals surface area contributed by atoms with Crippen LogP contribution in [0.3, 0.4) is 0 Å². The quantitative estimate of drug-likeness (QED) is 0.651. The van der Waals surface area contributed by atoms with Gasteiger partial charge in [-0.3, -0.25) is 4.72 Å². The molecule has 0 atom stereocenters. The van der Waals surface area contributed by atoms with Crippen molar-refractivity contribution in [3.8, 4) is 16.9 Å². The van der Waals surface area contributed by atoms with E-state index in [9.17, 15) is 18.3 Å². The minimum absolute atomic E-state index is 0.00129. The second-order valence-corrected chi connectivity index (χ2v) is 7.89. The normalized spacial score (nSPS) is 11.1. The predicted molar refractivity (Wildman–Crippen MR) is 107 cm³/mol. The van der Waals surface area contributed by atoms with Gasteiger partial charge in [0.15, 0.2) is 0 Å². The summed E-state index contributed by atoms with van der Waals surface area (Å²) in [7, 11) is -2.36. The van der Waals surface area contributed by atoms with Gasteiger partial charge in [0, 0.05) is 0 Å². The average Bonchev–Trinajstić information content (AvgIpc) is 2.68. The van der Waals surface area contributed by atoms with Crippen LogP contribution in [0.4, 0.5) is 5.69 Å². The number of hydrogen-bond donors (Lipinski definition) is 2. The number of ether oxygens (including phenoxy) is 1. The molecule has 28 heavy (non-hydrogen) atoms. The molecule has 0 unspecified atom stereocenters. The van der Waals surface area contributed by atoms with Crippen molar-refractivity contribution < 1.29 is 23.1 Å². The Labute approximate surface area is 163 Å². The number of carboxylic acid groups (broad SMARTS) is 1. The maximum absolute atomic E-state index is 12.7. The molecule has 0 aliphatic heterocycles. The van der Waals surface area contributed by atoms with Gasteiger partial charge in [-0.25, -0.2) is 13.2 Å². The maximum atomic E-state index is 12.7. The van der Waals surface area contributed by atoms with Crippen LogP contribution >= 0.6 is 0 Å². The summed E-state index contributed by atoms with van der Waals surface area (Å²) in [4.78, 5) is 11.6. The van der Waals surface area contributed by atoms with Crippen molar-refractivity contribution in [3.63, 3.8) is 0 Å². The molecule has 0 saturated carbocycles. The van der Waals surface area contributed by atoms with E-state index in [1.807, 2.05) is 19.1 Å².